The van der Waals surface area contributed by atoms with Gasteiger partial charge in [0.15, 0.2) is 17.6 Å². The van der Waals surface area contributed by atoms with Crippen LogP contribution in [0.1, 0.15) is 75.3 Å². The van der Waals surface area contributed by atoms with Gasteiger partial charge in [-0.1, -0.05) is 94.4 Å². The van der Waals surface area contributed by atoms with Crippen molar-refractivity contribution in [2.75, 3.05) is 38.9 Å². The summed E-state index contributed by atoms with van der Waals surface area (Å²) in [4.78, 5) is 69.6. The monoisotopic (exact) mass is 1930 g/mol. The van der Waals surface area contributed by atoms with Gasteiger partial charge in [-0.2, -0.15) is 0 Å². The zero-order valence-electron chi connectivity index (χ0n) is 70.4. The van der Waals surface area contributed by atoms with Crippen LogP contribution < -0.4 is 43.3 Å². The number of aryl methyl sites for hydroxylation is 3. The van der Waals surface area contributed by atoms with Crippen LogP contribution >= 0.6 is 58.0 Å². The van der Waals surface area contributed by atoms with E-state index in [1.165, 1.54) is 42.5 Å². The fraction of sp³-hybridized carbons (Fsp3) is 0.256. The van der Waals surface area contributed by atoms with Crippen LogP contribution in [0, 0.1) is 20.8 Å². The molecule has 4 N–H and O–H groups in total. The van der Waals surface area contributed by atoms with Gasteiger partial charge in [-0.15, -0.1) is 39.5 Å². The maximum atomic E-state index is 13.1. The molecule has 3 heterocycles. The van der Waals surface area contributed by atoms with E-state index in [1.807, 2.05) is 0 Å². The topological polar surface area (TPSA) is 335 Å². The molecule has 27 nitrogen and oxygen atoms in total. The summed E-state index contributed by atoms with van der Waals surface area (Å²) in [5.74, 6) is 1.82. The van der Waals surface area contributed by atoms with Gasteiger partial charge < -0.3 is 96.1 Å². The van der Waals surface area contributed by atoms with Crippen LogP contribution in [-0.2, 0) is 57.7 Å². The number of rotatable bonds is 27. The van der Waals surface area contributed by atoms with Gasteiger partial charge in [0.05, 0.1) is 56.3 Å². The Balaban J connectivity index is 0.000000223. The van der Waals surface area contributed by atoms with Crippen molar-refractivity contribution in [3.63, 3.8) is 0 Å². The van der Waals surface area contributed by atoms with Gasteiger partial charge >= 0.3 is 43.7 Å². The number of aromatic amines is 1. The lowest BCUT2D eigenvalue weighted by Crippen LogP contribution is -2.16. The summed E-state index contributed by atoms with van der Waals surface area (Å²) >= 11 is 28.9. The molecule has 131 heavy (non-hydrogen) atoms. The van der Waals surface area contributed by atoms with Crippen molar-refractivity contribution < 1.29 is 150 Å². The van der Waals surface area contributed by atoms with E-state index in [0.717, 1.165) is 36.4 Å². The lowest BCUT2D eigenvalue weighted by molar-refractivity contribution is -0.275. The van der Waals surface area contributed by atoms with Gasteiger partial charge in [-0.25, -0.2) is 19.2 Å². The van der Waals surface area contributed by atoms with Crippen LogP contribution in [0.4, 0.5) is 58.7 Å². The average Bonchev–Trinajstić information content (AvgIpc) is 0.772. The van der Waals surface area contributed by atoms with Gasteiger partial charge in [0.2, 0.25) is 13.6 Å². The highest BCUT2D eigenvalue weighted by Gasteiger charge is 2.33. The standard InChI is InChI=1S/C29H25ClF3NO7.C28H23ClF3NO7.C24H17ClF3NO4.C5H9ClO3.C4H7ClO3/c1-16(2)39-28(36)38-15-37-27-23-13-24(30)19(14-35)12-25(23)34-17(3)26(27)18-4-6-20(7-5-18)40-21-8-10-22(11-9-21)41-29(31,32)33;1-3-36-27(35)38-15-37-26-22-13-23(29)18(14-34)12-24(22)33-16(2)25(26)17-4-6-19(7-5-17)39-20-8-10-21(11-9-20)40-28(30,31)32;1-13-22(23(31)19-11-20(25)15(12-30)10-21(19)29-13)14-2-4-16(5-3-14)32-17-6-8-18(9-7-17)33-24(26,27)28;1-4(2)9-5(7)8-3-6;1-2-7-4(6)8-3-5/h4-13,16,35H,14-15H2,1-3H3;4-13,34H,3,14-15H2,1-2H3;2-11,30H,12H2,1H3,(H,29,31);4H,3H2,1-2H3;2-3H2,1H3. The molecule has 0 fully saturated rings. The lowest BCUT2D eigenvalue weighted by atomic mass is 9.99. The first-order valence-corrected chi connectivity index (χ1v) is 40.8. The number of aromatic nitrogens is 3. The molecule has 0 spiro atoms. The number of benzene rings is 9. The predicted octanol–water partition coefficient (Wildman–Crippen LogP) is 24.9. The quantitative estimate of drug-likeness (QED) is 0.0122. The van der Waals surface area contributed by atoms with Crippen LogP contribution in [0.2, 0.25) is 15.1 Å². The van der Waals surface area contributed by atoms with Crippen LogP contribution in [0.5, 0.6) is 63.2 Å². The molecule has 0 aliphatic carbocycles. The molecule has 0 aliphatic heterocycles. The Morgan fingerprint density at radius 1 is 0.389 bits per heavy atom. The molecule has 0 atom stereocenters. The van der Waals surface area contributed by atoms with Gasteiger partial charge in [0.25, 0.3) is 0 Å². The van der Waals surface area contributed by atoms with E-state index in [2.05, 4.69) is 48.1 Å². The van der Waals surface area contributed by atoms with Gasteiger partial charge in [0, 0.05) is 70.5 Å². The van der Waals surface area contributed by atoms with Crippen LogP contribution in [0.15, 0.2) is 187 Å². The van der Waals surface area contributed by atoms with Crippen molar-refractivity contribution in [2.24, 2.45) is 0 Å². The molecule has 12 aromatic rings. The summed E-state index contributed by atoms with van der Waals surface area (Å²) in [7, 11) is 0. The van der Waals surface area contributed by atoms with E-state index in [9.17, 15) is 78.8 Å². The third-order valence-electron chi connectivity index (χ3n) is 17.0. The molecule has 0 radical (unpaired) electrons. The maximum Gasteiger partial charge on any atom is 0.573 e. The Morgan fingerprint density at radius 3 is 0.985 bits per heavy atom. The number of aliphatic hydroxyl groups excluding tert-OH is 3. The average molecular weight is 1940 g/mol. The molecule has 0 amide bonds. The number of carbonyl (C=O) groups is 4. The first-order chi connectivity index (χ1) is 62.1. The number of hydrogen-bond donors (Lipinski definition) is 4. The molecule has 3 aromatic heterocycles. The minimum absolute atomic E-state index is 0.140. The number of nitrogens with zero attached hydrogens (tertiary/aromatic N) is 2. The molecule has 12 rings (SSSR count). The second-order valence-corrected chi connectivity index (χ2v) is 28.8. The first-order valence-electron chi connectivity index (χ1n) is 38.6. The summed E-state index contributed by atoms with van der Waals surface area (Å²) in [5, 5.41) is 31.0. The normalized spacial score (nSPS) is 11.1. The molecule has 0 unspecified atom stereocenters. The number of fused-ring (bicyclic) bond motifs is 3. The highest BCUT2D eigenvalue weighted by Crippen LogP contribution is 2.44. The number of aliphatic hydroxyl groups is 3. The number of ether oxygens (including phenoxy) is 16. The Hall–Kier alpha value is -12.8. The lowest BCUT2D eigenvalue weighted by Gasteiger charge is -2.18. The molecular formula is C90H81Cl5F9N3O24. The fourth-order valence-electron chi connectivity index (χ4n) is 11.7. The molecule has 698 valence electrons. The van der Waals surface area contributed by atoms with Crippen LogP contribution in [0.25, 0.3) is 66.1 Å². The van der Waals surface area contributed by atoms with E-state index in [0.29, 0.717) is 168 Å². The Kier molecular flexibility index (Phi) is 38.5. The number of alkyl halides is 11. The van der Waals surface area contributed by atoms with Crippen molar-refractivity contribution >= 4 is 115 Å². The van der Waals surface area contributed by atoms with E-state index in [-0.39, 0.29) is 73.4 Å². The highest BCUT2D eigenvalue weighted by molar-refractivity contribution is 6.33. The summed E-state index contributed by atoms with van der Waals surface area (Å²) in [6, 6.07) is 44.8. The minimum Gasteiger partial charge on any atom is -0.457 e. The van der Waals surface area contributed by atoms with Crippen molar-refractivity contribution in [2.45, 2.75) is 113 Å². The number of nitrogens with one attached hydrogen (secondary N) is 1. The molecule has 0 bridgehead atoms. The number of H-pyrrole nitrogens is 1. The number of pyridine rings is 3. The maximum absolute atomic E-state index is 13.1. The number of hydrogen-bond acceptors (Lipinski definition) is 26. The summed E-state index contributed by atoms with van der Waals surface area (Å²) in [5.41, 5.74) is 8.36. The largest absolute Gasteiger partial charge is 0.573 e. The second-order valence-electron chi connectivity index (χ2n) is 27.1. The molecule has 9 aromatic carbocycles. The molecule has 0 saturated carbocycles. The Labute approximate surface area is 765 Å². The summed E-state index contributed by atoms with van der Waals surface area (Å²) in [6.45, 7) is 14.3. The van der Waals surface area contributed by atoms with Crippen molar-refractivity contribution in [3.05, 3.63) is 241 Å². The second kappa shape index (κ2) is 48.7. The van der Waals surface area contributed by atoms with Crippen molar-refractivity contribution in [1.29, 1.82) is 0 Å². The summed E-state index contributed by atoms with van der Waals surface area (Å²) < 4.78 is 189. The summed E-state index contributed by atoms with van der Waals surface area (Å²) in [6.07, 6.45) is -18.1. The third kappa shape index (κ3) is 32.1. The SMILES string of the molecule is CC(C)OC(=O)OCCl.CCOC(=O)OCCl.CCOC(=O)OCOc1c(-c2ccc(Oc3ccc(OC(F)(F)F)cc3)cc2)c(C)nc2cc(CO)c(Cl)cc12.Cc1[nH]c2cc(CO)c(Cl)cc2c(=O)c1-c1ccc(Oc2ccc(OC(F)(F)F)cc2)cc1.Cc1nc2cc(CO)c(Cl)cc2c(OCOC(=O)OC(C)C)c1-c1ccc(Oc2ccc(OC(F)(F)F)cc2)cc1. The highest BCUT2D eigenvalue weighted by atomic mass is 35.5. The van der Waals surface area contributed by atoms with Gasteiger partial charge in [0.1, 0.15) is 63.2 Å². The molecule has 0 aliphatic rings. The van der Waals surface area contributed by atoms with Gasteiger partial charge in [-0.05, 0) is 241 Å². The zero-order valence-corrected chi connectivity index (χ0v) is 74.2. The molecule has 41 heteroatoms. The first kappa shape index (κ1) is 104. The third-order valence-corrected chi connectivity index (χ3v) is 18.3. The number of halogens is 14. The fourth-order valence-corrected chi connectivity index (χ4v) is 12.6. The smallest absolute Gasteiger partial charge is 0.457 e. The van der Waals surface area contributed by atoms with Crippen LogP contribution in [0.3, 0.4) is 0 Å². The van der Waals surface area contributed by atoms with E-state index < -0.39 is 57.3 Å². The van der Waals surface area contributed by atoms with Gasteiger partial charge in [-0.3, -0.25) is 14.8 Å². The zero-order chi connectivity index (χ0) is 96.0. The Morgan fingerprint density at radius 2 is 0.672 bits per heavy atom. The van der Waals surface area contributed by atoms with Crippen molar-refractivity contribution in [3.8, 4) is 96.6 Å². The van der Waals surface area contributed by atoms with Crippen LogP contribution in [-0.4, -0.2) is 125 Å². The van der Waals surface area contributed by atoms with E-state index in [4.69, 9.17) is 101 Å². The molecular weight excluding hydrogens is 1860 g/mol. The van der Waals surface area contributed by atoms with Crippen molar-refractivity contribution in [1.82, 2.24) is 15.0 Å². The molecule has 0 saturated heterocycles. The number of carbonyl (C=O) groups excluding carboxylic acids is 4. The van der Waals surface area contributed by atoms with E-state index >= 15 is 0 Å². The predicted molar refractivity (Wildman–Crippen MR) is 465 cm³/mol. The van der Waals surface area contributed by atoms with E-state index in [1.54, 1.807) is 165 Å². The minimum atomic E-state index is -4.79. The Bertz CT molecular complexity index is 5900.